The predicted octanol–water partition coefficient (Wildman–Crippen LogP) is 1.58. The highest BCUT2D eigenvalue weighted by Crippen LogP contribution is 2.15. The lowest BCUT2D eigenvalue weighted by Crippen LogP contribution is -2.00. The van der Waals surface area contributed by atoms with Crippen molar-refractivity contribution in [3.8, 4) is 0 Å². The van der Waals surface area contributed by atoms with Gasteiger partial charge in [-0.3, -0.25) is 0 Å². The summed E-state index contributed by atoms with van der Waals surface area (Å²) >= 11 is 0. The third-order valence-electron chi connectivity index (χ3n) is 1.33. The Bertz CT molecular complexity index is 298. The molecule has 0 fully saturated rings. The fourth-order valence-electron chi connectivity index (χ4n) is 0.708. The van der Waals surface area contributed by atoms with Crippen molar-refractivity contribution in [3.05, 3.63) is 23.8 Å². The van der Waals surface area contributed by atoms with Crippen LogP contribution >= 0.6 is 0 Å². The van der Waals surface area contributed by atoms with Crippen molar-refractivity contribution in [1.82, 2.24) is 0 Å². The van der Waals surface area contributed by atoms with Gasteiger partial charge in [0.2, 0.25) is 0 Å². The molecule has 5 N–H and O–H groups in total. The number of hydrogen-bond donors (Lipinski definition) is 3. The van der Waals surface area contributed by atoms with Crippen LogP contribution in [0.3, 0.4) is 0 Å². The average molecular weight is 182 g/mol. The van der Waals surface area contributed by atoms with Crippen molar-refractivity contribution in [3.63, 3.8) is 0 Å². The Morgan fingerprint density at radius 2 is 1.77 bits per heavy atom. The Labute approximate surface area is 77.2 Å². The molecule has 1 aromatic carbocycles. The molecular formula is C9H14N2O2. The molecule has 0 atom stereocenters. The molecule has 1 aromatic rings. The van der Waals surface area contributed by atoms with Gasteiger partial charge in [-0.05, 0) is 18.2 Å². The fraction of sp³-hybridized carbons (Fsp3) is 0.222. The Hall–Kier alpha value is -1.71. The molecule has 0 aliphatic heterocycles. The molecule has 0 heterocycles. The number of anilines is 2. The molecule has 72 valence electrons. The van der Waals surface area contributed by atoms with E-state index in [1.807, 2.05) is 13.8 Å². The van der Waals surface area contributed by atoms with Crippen LogP contribution in [-0.2, 0) is 0 Å². The number of carboxylic acids is 1. The zero-order chi connectivity index (χ0) is 10.4. The van der Waals surface area contributed by atoms with Crippen LogP contribution < -0.4 is 11.5 Å². The van der Waals surface area contributed by atoms with E-state index in [1.54, 1.807) is 0 Å². The van der Waals surface area contributed by atoms with Gasteiger partial charge in [0.05, 0.1) is 16.9 Å². The van der Waals surface area contributed by atoms with E-state index in [9.17, 15) is 4.79 Å². The molecule has 0 aliphatic carbocycles. The summed E-state index contributed by atoms with van der Waals surface area (Å²) in [6, 6.07) is 4.21. The molecule has 0 bridgehead atoms. The van der Waals surface area contributed by atoms with Gasteiger partial charge in [0.1, 0.15) is 0 Å². The molecule has 13 heavy (non-hydrogen) atoms. The normalized spacial score (nSPS) is 8.46. The molecule has 1 rings (SSSR count). The van der Waals surface area contributed by atoms with Gasteiger partial charge in [0.15, 0.2) is 0 Å². The summed E-state index contributed by atoms with van der Waals surface area (Å²) in [5.41, 5.74) is 11.6. The first kappa shape index (κ1) is 11.3. The number of aromatic carboxylic acids is 1. The smallest absolute Gasteiger partial charge is 0.335 e. The van der Waals surface area contributed by atoms with Gasteiger partial charge < -0.3 is 16.6 Å². The van der Waals surface area contributed by atoms with Gasteiger partial charge >= 0.3 is 5.97 Å². The van der Waals surface area contributed by atoms with Gasteiger partial charge in [-0.1, -0.05) is 13.8 Å². The summed E-state index contributed by atoms with van der Waals surface area (Å²) < 4.78 is 0. The number of nitrogen functional groups attached to an aromatic ring is 2. The van der Waals surface area contributed by atoms with E-state index in [1.165, 1.54) is 18.2 Å². The SMILES string of the molecule is CC.Nc1ccc(C(=O)O)cc1N. The van der Waals surface area contributed by atoms with E-state index < -0.39 is 5.97 Å². The molecule has 0 aliphatic rings. The number of benzene rings is 1. The minimum atomic E-state index is -1.00. The maximum Gasteiger partial charge on any atom is 0.335 e. The summed E-state index contributed by atoms with van der Waals surface area (Å²) in [7, 11) is 0. The van der Waals surface area contributed by atoms with E-state index >= 15 is 0 Å². The molecule has 0 saturated carbocycles. The van der Waals surface area contributed by atoms with E-state index in [2.05, 4.69) is 0 Å². The summed E-state index contributed by atoms with van der Waals surface area (Å²) in [4.78, 5) is 10.4. The fourth-order valence-corrected chi connectivity index (χ4v) is 0.708. The molecule has 0 spiro atoms. The van der Waals surface area contributed by atoms with Gasteiger partial charge in [-0.25, -0.2) is 4.79 Å². The summed E-state index contributed by atoms with van der Waals surface area (Å²) in [5, 5.41) is 8.50. The lowest BCUT2D eigenvalue weighted by molar-refractivity contribution is 0.0697. The van der Waals surface area contributed by atoms with Crippen molar-refractivity contribution in [2.75, 3.05) is 11.5 Å². The molecule has 0 saturated heterocycles. The van der Waals surface area contributed by atoms with Crippen molar-refractivity contribution < 1.29 is 9.90 Å². The maximum atomic E-state index is 10.4. The van der Waals surface area contributed by atoms with Crippen molar-refractivity contribution in [2.45, 2.75) is 13.8 Å². The number of nitrogens with two attached hydrogens (primary N) is 2. The zero-order valence-corrected chi connectivity index (χ0v) is 7.74. The van der Waals surface area contributed by atoms with E-state index in [0.29, 0.717) is 11.4 Å². The van der Waals surface area contributed by atoms with Crippen LogP contribution in [0.5, 0.6) is 0 Å². The Morgan fingerprint density at radius 3 is 2.15 bits per heavy atom. The highest BCUT2D eigenvalue weighted by atomic mass is 16.4. The largest absolute Gasteiger partial charge is 0.478 e. The molecular weight excluding hydrogens is 168 g/mol. The standard InChI is InChI=1S/C7H8N2O2.C2H6/c8-5-2-1-4(7(10)11)3-6(5)9;1-2/h1-3H,8-9H2,(H,10,11);1-2H3. The Morgan fingerprint density at radius 1 is 1.23 bits per heavy atom. The molecule has 0 aromatic heterocycles. The van der Waals surface area contributed by atoms with Crippen LogP contribution in [0.2, 0.25) is 0 Å². The third kappa shape index (κ3) is 3.02. The number of carbonyl (C=O) groups is 1. The van der Waals surface area contributed by atoms with Crippen LogP contribution in [-0.4, -0.2) is 11.1 Å². The quantitative estimate of drug-likeness (QED) is 0.575. The zero-order valence-electron chi connectivity index (χ0n) is 7.74. The first-order valence-corrected chi connectivity index (χ1v) is 3.99. The average Bonchev–Trinajstić information content (AvgIpc) is 2.13. The van der Waals surface area contributed by atoms with Crippen molar-refractivity contribution in [2.24, 2.45) is 0 Å². The molecule has 4 nitrogen and oxygen atoms in total. The van der Waals surface area contributed by atoms with Crippen molar-refractivity contribution in [1.29, 1.82) is 0 Å². The van der Waals surface area contributed by atoms with E-state index in [4.69, 9.17) is 16.6 Å². The number of hydrogen-bond acceptors (Lipinski definition) is 3. The van der Waals surface area contributed by atoms with Crippen LogP contribution in [0.4, 0.5) is 11.4 Å². The minimum absolute atomic E-state index is 0.150. The van der Waals surface area contributed by atoms with Crippen LogP contribution in [0.1, 0.15) is 24.2 Å². The predicted molar refractivity (Wildman–Crippen MR) is 53.6 cm³/mol. The first-order valence-electron chi connectivity index (χ1n) is 3.99. The summed E-state index contributed by atoms with van der Waals surface area (Å²) in [6.45, 7) is 4.00. The van der Waals surface area contributed by atoms with Gasteiger partial charge in [0, 0.05) is 0 Å². The van der Waals surface area contributed by atoms with E-state index in [-0.39, 0.29) is 5.56 Å². The summed E-state index contributed by atoms with van der Waals surface area (Å²) in [5.74, 6) is -1.00. The molecule has 0 radical (unpaired) electrons. The molecule has 4 heteroatoms. The Kier molecular flexibility index (Phi) is 4.37. The lowest BCUT2D eigenvalue weighted by Gasteiger charge is -1.99. The Balaban J connectivity index is 0.000000671. The van der Waals surface area contributed by atoms with Crippen LogP contribution in [0.15, 0.2) is 18.2 Å². The number of rotatable bonds is 1. The van der Waals surface area contributed by atoms with E-state index in [0.717, 1.165) is 0 Å². The van der Waals surface area contributed by atoms with Crippen LogP contribution in [0, 0.1) is 0 Å². The first-order chi connectivity index (χ1) is 6.11. The second-order valence-corrected chi connectivity index (χ2v) is 2.15. The second-order valence-electron chi connectivity index (χ2n) is 2.15. The monoisotopic (exact) mass is 182 g/mol. The van der Waals surface area contributed by atoms with Gasteiger partial charge in [-0.15, -0.1) is 0 Å². The third-order valence-corrected chi connectivity index (χ3v) is 1.33. The topological polar surface area (TPSA) is 89.3 Å². The van der Waals surface area contributed by atoms with Gasteiger partial charge in [0.25, 0.3) is 0 Å². The molecule has 0 amide bonds. The van der Waals surface area contributed by atoms with Crippen molar-refractivity contribution >= 4 is 17.3 Å². The summed E-state index contributed by atoms with van der Waals surface area (Å²) in [6.07, 6.45) is 0. The second kappa shape index (κ2) is 5.03. The lowest BCUT2D eigenvalue weighted by atomic mass is 10.2. The maximum absolute atomic E-state index is 10.4. The highest BCUT2D eigenvalue weighted by molar-refractivity contribution is 5.90. The van der Waals surface area contributed by atoms with Gasteiger partial charge in [-0.2, -0.15) is 0 Å². The highest BCUT2D eigenvalue weighted by Gasteiger charge is 2.03. The molecule has 0 unspecified atom stereocenters. The van der Waals surface area contributed by atoms with Crippen LogP contribution in [0.25, 0.3) is 0 Å². The minimum Gasteiger partial charge on any atom is -0.478 e. The number of carboxylic acid groups (broad SMARTS) is 1.